The Hall–Kier alpha value is -2.13. The summed E-state index contributed by atoms with van der Waals surface area (Å²) < 4.78 is 5.16. The third-order valence-electron chi connectivity index (χ3n) is 2.41. The molecule has 1 fully saturated rings. The molecule has 17 heavy (non-hydrogen) atoms. The molecule has 0 unspecified atom stereocenters. The molecule has 1 N–H and O–H groups in total. The summed E-state index contributed by atoms with van der Waals surface area (Å²) in [5.41, 5.74) is 0.637. The summed E-state index contributed by atoms with van der Waals surface area (Å²) in [6.07, 6.45) is 2.67. The van der Waals surface area contributed by atoms with Crippen molar-refractivity contribution in [2.24, 2.45) is 0 Å². The summed E-state index contributed by atoms with van der Waals surface area (Å²) in [6, 6.07) is 5.26. The zero-order chi connectivity index (χ0) is 12.1. The van der Waals surface area contributed by atoms with E-state index < -0.39 is 6.10 Å². The Morgan fingerprint density at radius 2 is 2.59 bits per heavy atom. The van der Waals surface area contributed by atoms with E-state index in [9.17, 15) is 4.79 Å². The van der Waals surface area contributed by atoms with Crippen molar-refractivity contribution in [3.05, 3.63) is 24.5 Å². The van der Waals surface area contributed by atoms with Gasteiger partial charge in [-0.2, -0.15) is 5.26 Å². The molecular weight excluding hydrogens is 220 g/mol. The lowest BCUT2D eigenvalue weighted by Crippen LogP contribution is -2.46. The number of nitriles is 1. The number of morpholine rings is 1. The van der Waals surface area contributed by atoms with Crippen LogP contribution in [-0.2, 0) is 4.74 Å². The van der Waals surface area contributed by atoms with Gasteiger partial charge in [-0.05, 0) is 12.1 Å². The number of hydrogen-bond donors (Lipinski definition) is 1. The minimum Gasteiger partial charge on any atom is -0.360 e. The highest BCUT2D eigenvalue weighted by Gasteiger charge is 2.23. The molecule has 1 aromatic rings. The minimum absolute atomic E-state index is 0.235. The topological polar surface area (TPSA) is 78.3 Å². The van der Waals surface area contributed by atoms with E-state index in [0.717, 1.165) is 0 Å². The van der Waals surface area contributed by atoms with Gasteiger partial charge in [0.15, 0.2) is 6.10 Å². The summed E-state index contributed by atoms with van der Waals surface area (Å²) in [5.74, 6) is 0. The Kier molecular flexibility index (Phi) is 3.52. The molecule has 0 saturated carbocycles. The number of hydrogen-bond acceptors (Lipinski definition) is 4. The predicted molar refractivity (Wildman–Crippen MR) is 60.2 cm³/mol. The van der Waals surface area contributed by atoms with E-state index in [1.165, 1.54) is 0 Å². The number of rotatable bonds is 1. The minimum atomic E-state index is -0.539. The van der Waals surface area contributed by atoms with Gasteiger partial charge in [0, 0.05) is 12.7 Å². The fourth-order valence-corrected chi connectivity index (χ4v) is 1.55. The van der Waals surface area contributed by atoms with Gasteiger partial charge in [-0.15, -0.1) is 0 Å². The maximum atomic E-state index is 11.9. The van der Waals surface area contributed by atoms with E-state index in [4.69, 9.17) is 10.00 Å². The van der Waals surface area contributed by atoms with Crippen LogP contribution < -0.4 is 5.32 Å². The van der Waals surface area contributed by atoms with Gasteiger partial charge in [-0.3, -0.25) is 4.98 Å². The van der Waals surface area contributed by atoms with Crippen LogP contribution in [0.2, 0.25) is 0 Å². The quantitative estimate of drug-likeness (QED) is 0.778. The molecule has 0 bridgehead atoms. The van der Waals surface area contributed by atoms with Crippen LogP contribution in [0.25, 0.3) is 0 Å². The molecule has 1 aliphatic heterocycles. The lowest BCUT2D eigenvalue weighted by atomic mass is 10.3. The van der Waals surface area contributed by atoms with Gasteiger partial charge in [0.25, 0.3) is 0 Å². The second-order valence-corrected chi connectivity index (χ2v) is 3.61. The van der Waals surface area contributed by atoms with Crippen molar-refractivity contribution in [3.63, 3.8) is 0 Å². The molecule has 2 rings (SSSR count). The zero-order valence-corrected chi connectivity index (χ0v) is 9.17. The van der Waals surface area contributed by atoms with Crippen molar-refractivity contribution < 1.29 is 9.53 Å². The molecular formula is C11H12N4O2. The van der Waals surface area contributed by atoms with Crippen molar-refractivity contribution in [2.45, 2.75) is 6.10 Å². The molecule has 6 heteroatoms. The number of amides is 2. The first-order valence-corrected chi connectivity index (χ1v) is 5.27. The molecule has 88 valence electrons. The number of urea groups is 1. The average molecular weight is 232 g/mol. The van der Waals surface area contributed by atoms with E-state index in [2.05, 4.69) is 10.3 Å². The summed E-state index contributed by atoms with van der Waals surface area (Å²) in [4.78, 5) is 17.3. The van der Waals surface area contributed by atoms with E-state index in [1.54, 1.807) is 29.4 Å². The van der Waals surface area contributed by atoms with Crippen LogP contribution in [0.15, 0.2) is 24.5 Å². The van der Waals surface area contributed by atoms with E-state index >= 15 is 0 Å². The summed E-state index contributed by atoms with van der Waals surface area (Å²) >= 11 is 0. The summed E-state index contributed by atoms with van der Waals surface area (Å²) in [6.45, 7) is 1.17. The van der Waals surface area contributed by atoms with Gasteiger partial charge in [-0.1, -0.05) is 0 Å². The van der Waals surface area contributed by atoms with Crippen LogP contribution in [0.3, 0.4) is 0 Å². The Bertz CT molecular complexity index is 429. The van der Waals surface area contributed by atoms with E-state index in [1.807, 2.05) is 6.07 Å². The molecule has 6 nitrogen and oxygen atoms in total. The third-order valence-corrected chi connectivity index (χ3v) is 2.41. The first kappa shape index (κ1) is 11.4. The molecule has 1 aromatic heterocycles. The number of aromatic nitrogens is 1. The normalized spacial score (nSPS) is 19.5. The van der Waals surface area contributed by atoms with E-state index in [-0.39, 0.29) is 6.03 Å². The Morgan fingerprint density at radius 3 is 3.29 bits per heavy atom. The fourth-order valence-electron chi connectivity index (χ4n) is 1.55. The summed E-state index contributed by atoms with van der Waals surface area (Å²) in [7, 11) is 0. The highest BCUT2D eigenvalue weighted by Crippen LogP contribution is 2.08. The SMILES string of the molecule is N#C[C@H]1CN(C(=O)Nc2cccnc2)CCO1. The van der Waals surface area contributed by atoms with Crippen molar-refractivity contribution in [2.75, 3.05) is 25.0 Å². The second-order valence-electron chi connectivity index (χ2n) is 3.61. The number of carbonyl (C=O) groups is 1. The average Bonchev–Trinajstić information content (AvgIpc) is 2.40. The van der Waals surface area contributed by atoms with Crippen molar-refractivity contribution >= 4 is 11.7 Å². The van der Waals surface area contributed by atoms with Gasteiger partial charge in [0.2, 0.25) is 0 Å². The van der Waals surface area contributed by atoms with Gasteiger partial charge >= 0.3 is 6.03 Å². The van der Waals surface area contributed by atoms with Gasteiger partial charge in [0.1, 0.15) is 0 Å². The maximum absolute atomic E-state index is 11.9. The standard InChI is InChI=1S/C11H12N4O2/c12-6-10-8-15(4-5-17-10)11(16)14-9-2-1-3-13-7-9/h1-3,7,10H,4-5,8H2,(H,14,16)/t10-/m0/s1. The summed E-state index contributed by atoms with van der Waals surface area (Å²) in [5, 5.41) is 11.5. The van der Waals surface area contributed by atoms with Crippen molar-refractivity contribution in [1.82, 2.24) is 9.88 Å². The Balaban J connectivity index is 1.94. The van der Waals surface area contributed by atoms with Crippen LogP contribution in [0.4, 0.5) is 10.5 Å². The highest BCUT2D eigenvalue weighted by atomic mass is 16.5. The molecule has 0 aromatic carbocycles. The molecule has 1 aliphatic rings. The molecule has 1 saturated heterocycles. The van der Waals surface area contributed by atoms with Gasteiger partial charge in [-0.25, -0.2) is 4.79 Å². The van der Waals surface area contributed by atoms with Crippen LogP contribution >= 0.6 is 0 Å². The molecule has 0 aliphatic carbocycles. The lowest BCUT2D eigenvalue weighted by Gasteiger charge is -2.29. The first-order valence-electron chi connectivity index (χ1n) is 5.27. The lowest BCUT2D eigenvalue weighted by molar-refractivity contribution is 0.0181. The molecule has 0 radical (unpaired) electrons. The van der Waals surface area contributed by atoms with Gasteiger partial charge in [0.05, 0.1) is 31.1 Å². The van der Waals surface area contributed by atoms with E-state index in [0.29, 0.717) is 25.4 Å². The Labute approximate surface area is 98.8 Å². The molecule has 1 atom stereocenters. The van der Waals surface area contributed by atoms with Crippen LogP contribution in [0.5, 0.6) is 0 Å². The molecule has 2 amide bonds. The highest BCUT2D eigenvalue weighted by molar-refractivity contribution is 5.89. The van der Waals surface area contributed by atoms with Crippen molar-refractivity contribution in [3.8, 4) is 6.07 Å². The predicted octanol–water partition coefficient (Wildman–Crippen LogP) is 0.838. The number of nitrogens with one attached hydrogen (secondary N) is 1. The maximum Gasteiger partial charge on any atom is 0.322 e. The number of anilines is 1. The third kappa shape index (κ3) is 2.92. The number of ether oxygens (including phenoxy) is 1. The van der Waals surface area contributed by atoms with Crippen LogP contribution in [0.1, 0.15) is 0 Å². The smallest absolute Gasteiger partial charge is 0.322 e. The number of carbonyl (C=O) groups excluding carboxylic acids is 1. The zero-order valence-electron chi connectivity index (χ0n) is 9.17. The first-order chi connectivity index (χ1) is 8.29. The second kappa shape index (κ2) is 5.27. The van der Waals surface area contributed by atoms with Crippen LogP contribution in [-0.4, -0.2) is 41.7 Å². The monoisotopic (exact) mass is 232 g/mol. The molecule has 0 spiro atoms. The fraction of sp³-hybridized carbons (Fsp3) is 0.364. The van der Waals surface area contributed by atoms with Gasteiger partial charge < -0.3 is 15.0 Å². The Morgan fingerprint density at radius 1 is 1.71 bits per heavy atom. The van der Waals surface area contributed by atoms with Crippen LogP contribution in [0, 0.1) is 11.3 Å². The number of nitrogens with zero attached hydrogens (tertiary/aromatic N) is 3. The van der Waals surface area contributed by atoms with Crippen molar-refractivity contribution in [1.29, 1.82) is 5.26 Å². The molecule has 2 heterocycles. The largest absolute Gasteiger partial charge is 0.360 e. The number of pyridine rings is 1.